The molecule has 0 amide bonds. The molecule has 26 heavy (non-hydrogen) atoms. The molecule has 0 N–H and O–H groups in total. The van der Waals surface area contributed by atoms with Crippen LogP contribution in [0.25, 0.3) is 0 Å². The van der Waals surface area contributed by atoms with Crippen LogP contribution in [-0.2, 0) is 6.54 Å². The molecule has 0 bridgehead atoms. The van der Waals surface area contributed by atoms with Crippen molar-refractivity contribution in [2.75, 3.05) is 52.8 Å². The highest BCUT2D eigenvalue weighted by Gasteiger charge is 2.26. The first-order chi connectivity index (χ1) is 12.6. The van der Waals surface area contributed by atoms with Crippen LogP contribution in [0.4, 0.5) is 5.95 Å². The molecule has 0 aromatic carbocycles. The molecule has 0 unspecified atom stereocenters. The summed E-state index contributed by atoms with van der Waals surface area (Å²) in [6, 6.07) is 1.69. The number of rotatable bonds is 7. The Labute approximate surface area is 154 Å². The SMILES string of the molecule is COc1cc(OC)nc(N2CCC[C@H](c3nccn3CCN(C)C)C2)n1. The number of nitrogens with zero attached hydrogens (tertiary/aromatic N) is 6. The highest BCUT2D eigenvalue weighted by molar-refractivity contribution is 5.38. The van der Waals surface area contributed by atoms with Crippen molar-refractivity contribution in [1.82, 2.24) is 24.4 Å². The fraction of sp³-hybridized carbons (Fsp3) is 0.611. The molecular weight excluding hydrogens is 332 g/mol. The Hall–Kier alpha value is -2.35. The number of hydrogen-bond acceptors (Lipinski definition) is 7. The van der Waals surface area contributed by atoms with Crippen molar-refractivity contribution in [3.8, 4) is 11.8 Å². The van der Waals surface area contributed by atoms with E-state index in [-0.39, 0.29) is 0 Å². The smallest absolute Gasteiger partial charge is 0.231 e. The van der Waals surface area contributed by atoms with E-state index in [1.165, 1.54) is 0 Å². The Balaban J connectivity index is 1.77. The number of piperidine rings is 1. The maximum absolute atomic E-state index is 5.28. The van der Waals surface area contributed by atoms with Gasteiger partial charge in [-0.15, -0.1) is 0 Å². The van der Waals surface area contributed by atoms with Gasteiger partial charge in [0.1, 0.15) is 5.82 Å². The van der Waals surface area contributed by atoms with Crippen LogP contribution in [0, 0.1) is 0 Å². The third kappa shape index (κ3) is 4.24. The molecule has 1 aliphatic rings. The molecule has 142 valence electrons. The zero-order valence-corrected chi connectivity index (χ0v) is 16.1. The second-order valence-corrected chi connectivity index (χ2v) is 6.82. The molecule has 0 aliphatic carbocycles. The number of hydrogen-bond donors (Lipinski definition) is 0. The molecule has 2 aromatic heterocycles. The molecule has 0 spiro atoms. The van der Waals surface area contributed by atoms with E-state index >= 15 is 0 Å². The average molecular weight is 360 g/mol. The minimum Gasteiger partial charge on any atom is -0.481 e. The van der Waals surface area contributed by atoms with Gasteiger partial charge in [0.05, 0.1) is 20.3 Å². The molecule has 3 heterocycles. The maximum atomic E-state index is 5.28. The van der Waals surface area contributed by atoms with Crippen LogP contribution in [0.3, 0.4) is 0 Å². The largest absolute Gasteiger partial charge is 0.481 e. The summed E-state index contributed by atoms with van der Waals surface area (Å²) in [5.41, 5.74) is 0. The van der Waals surface area contributed by atoms with Crippen molar-refractivity contribution in [3.63, 3.8) is 0 Å². The monoisotopic (exact) mass is 360 g/mol. The van der Waals surface area contributed by atoms with Gasteiger partial charge in [-0.1, -0.05) is 0 Å². The van der Waals surface area contributed by atoms with Gasteiger partial charge in [0.15, 0.2) is 0 Å². The Kier molecular flexibility index (Phi) is 5.92. The number of anilines is 1. The number of imidazole rings is 1. The van der Waals surface area contributed by atoms with E-state index < -0.39 is 0 Å². The third-order valence-corrected chi connectivity index (χ3v) is 4.69. The average Bonchev–Trinajstić information content (AvgIpc) is 3.14. The summed E-state index contributed by atoms with van der Waals surface area (Å²) >= 11 is 0. The summed E-state index contributed by atoms with van der Waals surface area (Å²) < 4.78 is 12.8. The molecule has 3 rings (SSSR count). The number of likely N-dealkylation sites (N-methyl/N-ethyl adjacent to an activating group) is 1. The predicted molar refractivity (Wildman–Crippen MR) is 100 cm³/mol. The van der Waals surface area contributed by atoms with E-state index in [0.29, 0.717) is 23.6 Å². The number of aromatic nitrogens is 4. The predicted octanol–water partition coefficient (Wildman–Crippen LogP) is 1.64. The summed E-state index contributed by atoms with van der Waals surface area (Å²) in [5.74, 6) is 3.19. The summed E-state index contributed by atoms with van der Waals surface area (Å²) in [6.07, 6.45) is 6.17. The van der Waals surface area contributed by atoms with Crippen molar-refractivity contribution in [2.45, 2.75) is 25.3 Å². The van der Waals surface area contributed by atoms with Crippen LogP contribution < -0.4 is 14.4 Å². The van der Waals surface area contributed by atoms with Crippen LogP contribution >= 0.6 is 0 Å². The van der Waals surface area contributed by atoms with E-state index in [1.54, 1.807) is 20.3 Å². The fourth-order valence-electron chi connectivity index (χ4n) is 3.29. The molecule has 8 heteroatoms. The van der Waals surface area contributed by atoms with Crippen LogP contribution in [-0.4, -0.2) is 72.4 Å². The highest BCUT2D eigenvalue weighted by Crippen LogP contribution is 2.29. The van der Waals surface area contributed by atoms with Crippen LogP contribution in [0.5, 0.6) is 11.8 Å². The lowest BCUT2D eigenvalue weighted by Gasteiger charge is -2.33. The molecule has 1 saturated heterocycles. The van der Waals surface area contributed by atoms with Gasteiger partial charge in [-0.2, -0.15) is 9.97 Å². The van der Waals surface area contributed by atoms with Gasteiger partial charge >= 0.3 is 0 Å². The van der Waals surface area contributed by atoms with Gasteiger partial charge in [-0.25, -0.2) is 4.98 Å². The minimum absolute atomic E-state index is 0.363. The lowest BCUT2D eigenvalue weighted by molar-refractivity contribution is 0.367. The molecular formula is C18H28N6O2. The summed E-state index contributed by atoms with van der Waals surface area (Å²) in [5, 5.41) is 0. The first-order valence-corrected chi connectivity index (χ1v) is 8.98. The van der Waals surface area contributed by atoms with E-state index in [2.05, 4.69) is 49.6 Å². The van der Waals surface area contributed by atoms with Crippen molar-refractivity contribution in [3.05, 3.63) is 24.3 Å². The number of methoxy groups -OCH3 is 2. The molecule has 0 saturated carbocycles. The molecule has 8 nitrogen and oxygen atoms in total. The Morgan fingerprint density at radius 2 is 1.92 bits per heavy atom. The van der Waals surface area contributed by atoms with Gasteiger partial charge in [-0.3, -0.25) is 0 Å². The molecule has 1 atom stereocenters. The van der Waals surface area contributed by atoms with E-state index in [4.69, 9.17) is 9.47 Å². The quantitative estimate of drug-likeness (QED) is 0.743. The summed E-state index contributed by atoms with van der Waals surface area (Å²) in [4.78, 5) is 18.0. The Morgan fingerprint density at radius 1 is 1.19 bits per heavy atom. The topological polar surface area (TPSA) is 68.5 Å². The fourth-order valence-corrected chi connectivity index (χ4v) is 3.29. The second-order valence-electron chi connectivity index (χ2n) is 6.82. The molecule has 0 radical (unpaired) electrons. The van der Waals surface area contributed by atoms with E-state index in [9.17, 15) is 0 Å². The molecule has 1 aliphatic heterocycles. The van der Waals surface area contributed by atoms with Crippen molar-refractivity contribution < 1.29 is 9.47 Å². The van der Waals surface area contributed by atoms with Gasteiger partial charge < -0.3 is 23.8 Å². The van der Waals surface area contributed by atoms with Crippen LogP contribution in [0.2, 0.25) is 0 Å². The van der Waals surface area contributed by atoms with Crippen molar-refractivity contribution in [2.24, 2.45) is 0 Å². The first-order valence-electron chi connectivity index (χ1n) is 8.98. The second kappa shape index (κ2) is 8.35. The van der Waals surface area contributed by atoms with Gasteiger partial charge in [-0.05, 0) is 26.9 Å². The van der Waals surface area contributed by atoms with Crippen molar-refractivity contribution >= 4 is 5.95 Å². The third-order valence-electron chi connectivity index (χ3n) is 4.69. The van der Waals surface area contributed by atoms with Gasteiger partial charge in [0, 0.05) is 44.5 Å². The minimum atomic E-state index is 0.363. The number of ether oxygens (including phenoxy) is 2. The van der Waals surface area contributed by atoms with E-state index in [0.717, 1.165) is 44.8 Å². The Bertz CT molecular complexity index is 695. The molecule has 1 fully saturated rings. The normalized spacial score (nSPS) is 17.6. The lowest BCUT2D eigenvalue weighted by Crippen LogP contribution is -2.36. The summed E-state index contributed by atoms with van der Waals surface area (Å²) in [6.45, 7) is 3.71. The van der Waals surface area contributed by atoms with Crippen molar-refractivity contribution in [1.29, 1.82) is 0 Å². The zero-order chi connectivity index (χ0) is 18.5. The van der Waals surface area contributed by atoms with Crippen LogP contribution in [0.15, 0.2) is 18.5 Å². The first kappa shape index (κ1) is 18.4. The van der Waals surface area contributed by atoms with E-state index in [1.807, 2.05) is 6.20 Å². The Morgan fingerprint density at radius 3 is 2.58 bits per heavy atom. The van der Waals surface area contributed by atoms with Gasteiger partial charge in [0.25, 0.3) is 0 Å². The lowest BCUT2D eigenvalue weighted by atomic mass is 9.97. The summed E-state index contributed by atoms with van der Waals surface area (Å²) in [7, 11) is 7.39. The zero-order valence-electron chi connectivity index (χ0n) is 16.1. The van der Waals surface area contributed by atoms with Gasteiger partial charge in [0.2, 0.25) is 17.7 Å². The van der Waals surface area contributed by atoms with Crippen LogP contribution in [0.1, 0.15) is 24.6 Å². The standard InChI is InChI=1S/C18H28N6O2/c1-22(2)10-11-23-9-7-19-17(23)14-6-5-8-24(13-14)18-20-15(25-3)12-16(21-18)26-4/h7,9,12,14H,5-6,8,10-11,13H2,1-4H3/t14-/m0/s1. The molecule has 2 aromatic rings. The highest BCUT2D eigenvalue weighted by atomic mass is 16.5. The maximum Gasteiger partial charge on any atom is 0.231 e.